The van der Waals surface area contributed by atoms with E-state index in [1.54, 1.807) is 5.01 Å². The Morgan fingerprint density at radius 2 is 1.94 bits per heavy atom. The lowest BCUT2D eigenvalue weighted by atomic mass is 9.96. The second-order valence-corrected chi connectivity index (χ2v) is 6.09. The first-order valence-corrected chi connectivity index (χ1v) is 6.33. The summed E-state index contributed by atoms with van der Waals surface area (Å²) in [6.07, 6.45) is 0. The molecule has 1 aromatic rings. The van der Waals surface area contributed by atoms with Crippen LogP contribution in [0.15, 0.2) is 16.6 Å². The van der Waals surface area contributed by atoms with Gasteiger partial charge >= 0.3 is 0 Å². The fourth-order valence-electron chi connectivity index (χ4n) is 1.62. The monoisotopic (exact) mass is 300 g/mol. The summed E-state index contributed by atoms with van der Waals surface area (Å²) >= 11 is 3.47. The standard InChI is InChI=1S/C12H21BrN4/c1-12(2,3)7-17(15)9-6-5-8(16-4)10(13)11(9)14/h5-6,16H,7,14-15H2,1-4H3. The summed E-state index contributed by atoms with van der Waals surface area (Å²) in [6.45, 7) is 7.16. The maximum atomic E-state index is 6.07. The van der Waals surface area contributed by atoms with Crippen molar-refractivity contribution in [3.63, 3.8) is 0 Å². The molecular formula is C12H21BrN4. The van der Waals surface area contributed by atoms with Crippen LogP contribution in [-0.2, 0) is 0 Å². The van der Waals surface area contributed by atoms with Crippen LogP contribution < -0.4 is 21.9 Å². The molecule has 0 aliphatic carbocycles. The summed E-state index contributed by atoms with van der Waals surface area (Å²) in [6, 6.07) is 3.88. The van der Waals surface area contributed by atoms with Crippen molar-refractivity contribution >= 4 is 33.0 Å². The summed E-state index contributed by atoms with van der Waals surface area (Å²) in [5.74, 6) is 6.05. The molecule has 0 heterocycles. The second-order valence-electron chi connectivity index (χ2n) is 5.30. The van der Waals surface area contributed by atoms with E-state index in [1.165, 1.54) is 0 Å². The number of hydrogen-bond donors (Lipinski definition) is 3. The average molecular weight is 301 g/mol. The van der Waals surface area contributed by atoms with Crippen LogP contribution in [0, 0.1) is 5.41 Å². The molecule has 5 heteroatoms. The molecule has 0 bridgehead atoms. The number of benzene rings is 1. The summed E-state index contributed by atoms with van der Waals surface area (Å²) in [5, 5.41) is 4.76. The second kappa shape index (κ2) is 5.14. The van der Waals surface area contributed by atoms with E-state index in [1.807, 2.05) is 19.2 Å². The number of hydrogen-bond acceptors (Lipinski definition) is 4. The predicted octanol–water partition coefficient (Wildman–Crippen LogP) is 2.80. The van der Waals surface area contributed by atoms with Crippen LogP contribution in [0.5, 0.6) is 0 Å². The van der Waals surface area contributed by atoms with E-state index in [0.29, 0.717) is 5.69 Å². The fraction of sp³-hybridized carbons (Fsp3) is 0.500. The van der Waals surface area contributed by atoms with Crippen molar-refractivity contribution in [1.29, 1.82) is 0 Å². The van der Waals surface area contributed by atoms with Gasteiger partial charge in [-0.05, 0) is 33.5 Å². The molecule has 0 aliphatic rings. The Bertz CT molecular complexity index is 398. The van der Waals surface area contributed by atoms with Crippen LogP contribution in [-0.4, -0.2) is 13.6 Å². The number of hydrazine groups is 1. The van der Waals surface area contributed by atoms with Crippen molar-refractivity contribution < 1.29 is 0 Å². The third-order valence-corrected chi connectivity index (χ3v) is 3.23. The largest absolute Gasteiger partial charge is 0.396 e. The molecule has 0 spiro atoms. The van der Waals surface area contributed by atoms with E-state index in [9.17, 15) is 0 Å². The molecule has 0 fully saturated rings. The van der Waals surface area contributed by atoms with Gasteiger partial charge in [-0.2, -0.15) is 0 Å². The number of nitrogens with one attached hydrogen (secondary N) is 1. The Balaban J connectivity index is 3.03. The number of rotatable bonds is 3. The van der Waals surface area contributed by atoms with Gasteiger partial charge in [0.05, 0.1) is 21.5 Å². The van der Waals surface area contributed by atoms with Crippen molar-refractivity contribution in [3.8, 4) is 0 Å². The number of nitrogens with two attached hydrogens (primary N) is 2. The first-order valence-electron chi connectivity index (χ1n) is 5.54. The molecule has 0 aliphatic heterocycles. The van der Waals surface area contributed by atoms with E-state index < -0.39 is 0 Å². The molecule has 1 rings (SSSR count). The molecule has 4 nitrogen and oxygen atoms in total. The molecule has 0 saturated carbocycles. The van der Waals surface area contributed by atoms with Crippen LogP contribution in [0.1, 0.15) is 20.8 Å². The maximum Gasteiger partial charge on any atom is 0.0759 e. The third-order valence-electron chi connectivity index (χ3n) is 2.38. The van der Waals surface area contributed by atoms with Gasteiger partial charge in [0.25, 0.3) is 0 Å². The van der Waals surface area contributed by atoms with Crippen molar-refractivity contribution in [2.24, 2.45) is 11.3 Å². The zero-order valence-corrected chi connectivity index (χ0v) is 12.4. The zero-order valence-electron chi connectivity index (χ0n) is 10.8. The predicted molar refractivity (Wildman–Crippen MR) is 79.1 cm³/mol. The van der Waals surface area contributed by atoms with Crippen LogP contribution in [0.25, 0.3) is 0 Å². The van der Waals surface area contributed by atoms with Gasteiger partial charge in [-0.15, -0.1) is 0 Å². The van der Waals surface area contributed by atoms with E-state index in [0.717, 1.165) is 22.4 Å². The molecule has 0 aromatic heterocycles. The topological polar surface area (TPSA) is 67.3 Å². The maximum absolute atomic E-state index is 6.07. The van der Waals surface area contributed by atoms with Crippen LogP contribution in [0.4, 0.5) is 17.1 Å². The lowest BCUT2D eigenvalue weighted by molar-refractivity contribution is 0.412. The molecule has 0 unspecified atom stereocenters. The fourth-order valence-corrected chi connectivity index (χ4v) is 2.16. The number of halogens is 1. The van der Waals surface area contributed by atoms with E-state index in [-0.39, 0.29) is 5.41 Å². The quantitative estimate of drug-likeness (QED) is 0.456. The van der Waals surface area contributed by atoms with E-state index in [4.69, 9.17) is 11.6 Å². The zero-order chi connectivity index (χ0) is 13.2. The summed E-state index contributed by atoms with van der Waals surface area (Å²) < 4.78 is 0.849. The molecule has 17 heavy (non-hydrogen) atoms. The molecule has 96 valence electrons. The van der Waals surface area contributed by atoms with Crippen LogP contribution >= 0.6 is 15.9 Å². The molecule has 1 aromatic carbocycles. The number of nitrogen functional groups attached to an aromatic ring is 1. The highest BCUT2D eigenvalue weighted by atomic mass is 79.9. The molecule has 0 radical (unpaired) electrons. The van der Waals surface area contributed by atoms with Gasteiger partial charge in [0.2, 0.25) is 0 Å². The van der Waals surface area contributed by atoms with E-state index in [2.05, 4.69) is 42.0 Å². The lowest BCUT2D eigenvalue weighted by Gasteiger charge is -2.29. The van der Waals surface area contributed by atoms with Crippen LogP contribution in [0.3, 0.4) is 0 Å². The van der Waals surface area contributed by atoms with Gasteiger partial charge in [-0.1, -0.05) is 20.8 Å². The van der Waals surface area contributed by atoms with Crippen molar-refractivity contribution in [3.05, 3.63) is 16.6 Å². The minimum absolute atomic E-state index is 0.120. The highest BCUT2D eigenvalue weighted by Crippen LogP contribution is 2.36. The minimum atomic E-state index is 0.120. The van der Waals surface area contributed by atoms with Crippen molar-refractivity contribution in [1.82, 2.24) is 0 Å². The Morgan fingerprint density at radius 1 is 1.35 bits per heavy atom. The van der Waals surface area contributed by atoms with Crippen LogP contribution in [0.2, 0.25) is 0 Å². The highest BCUT2D eigenvalue weighted by Gasteiger charge is 2.17. The van der Waals surface area contributed by atoms with Gasteiger partial charge in [-0.25, -0.2) is 5.84 Å². The summed E-state index contributed by atoms with van der Waals surface area (Å²) in [4.78, 5) is 0. The van der Waals surface area contributed by atoms with Gasteiger partial charge in [0.15, 0.2) is 0 Å². The Labute approximate surface area is 111 Å². The minimum Gasteiger partial charge on any atom is -0.396 e. The van der Waals surface area contributed by atoms with Gasteiger partial charge in [0.1, 0.15) is 0 Å². The Morgan fingerprint density at radius 3 is 2.41 bits per heavy atom. The molecule has 0 saturated heterocycles. The molecular weight excluding hydrogens is 280 g/mol. The first-order chi connectivity index (χ1) is 7.76. The SMILES string of the molecule is CNc1ccc(N(N)CC(C)(C)C)c(N)c1Br. The molecule has 5 N–H and O–H groups in total. The lowest BCUT2D eigenvalue weighted by Crippen LogP contribution is -2.38. The number of anilines is 3. The average Bonchev–Trinajstić information content (AvgIpc) is 2.19. The van der Waals surface area contributed by atoms with E-state index >= 15 is 0 Å². The van der Waals surface area contributed by atoms with Gasteiger partial charge in [0, 0.05) is 13.6 Å². The Kier molecular flexibility index (Phi) is 4.27. The van der Waals surface area contributed by atoms with Crippen molar-refractivity contribution in [2.75, 3.05) is 29.7 Å². The molecule has 0 atom stereocenters. The third kappa shape index (κ3) is 3.51. The number of nitrogens with zero attached hydrogens (tertiary/aromatic N) is 1. The summed E-state index contributed by atoms with van der Waals surface area (Å²) in [5.41, 5.74) is 8.64. The first kappa shape index (κ1) is 14.1. The summed E-state index contributed by atoms with van der Waals surface area (Å²) in [7, 11) is 1.86. The smallest absolute Gasteiger partial charge is 0.0759 e. The van der Waals surface area contributed by atoms with Crippen molar-refractivity contribution in [2.45, 2.75) is 20.8 Å². The Hall–Kier alpha value is -0.940. The van der Waals surface area contributed by atoms with Gasteiger partial charge in [-0.3, -0.25) is 0 Å². The normalized spacial score (nSPS) is 11.4. The van der Waals surface area contributed by atoms with Gasteiger partial charge < -0.3 is 16.1 Å². The highest BCUT2D eigenvalue weighted by molar-refractivity contribution is 9.10. The molecule has 0 amide bonds.